The topological polar surface area (TPSA) is 67.4 Å². The van der Waals surface area contributed by atoms with Gasteiger partial charge in [-0.25, -0.2) is 0 Å². The number of aryl methyl sites for hydroxylation is 1. The molecule has 5 nitrogen and oxygen atoms in total. The zero-order valence-electron chi connectivity index (χ0n) is 17.5. The van der Waals surface area contributed by atoms with Crippen molar-refractivity contribution in [1.29, 1.82) is 0 Å². The first kappa shape index (κ1) is 22.3. The van der Waals surface area contributed by atoms with E-state index in [1.807, 2.05) is 35.7 Å². The average Bonchev–Trinajstić information content (AvgIpc) is 3.31. The molecule has 3 rings (SSSR count). The summed E-state index contributed by atoms with van der Waals surface area (Å²) in [7, 11) is 0. The Balaban J connectivity index is 1.56. The second kappa shape index (κ2) is 11.7. The maximum absolute atomic E-state index is 12.7. The maximum atomic E-state index is 12.7. The van der Waals surface area contributed by atoms with Crippen molar-refractivity contribution in [3.63, 3.8) is 0 Å². The smallest absolute Gasteiger partial charge is 0.267 e. The lowest BCUT2D eigenvalue weighted by atomic mass is 10.1. The Bertz CT molecular complexity index is 997. The van der Waals surface area contributed by atoms with Crippen molar-refractivity contribution < 1.29 is 14.3 Å². The first-order valence-electron chi connectivity index (χ1n) is 10.3. The lowest BCUT2D eigenvalue weighted by Gasteiger charge is -2.12. The van der Waals surface area contributed by atoms with E-state index in [0.717, 1.165) is 23.5 Å². The van der Waals surface area contributed by atoms with Gasteiger partial charge in [0, 0.05) is 10.4 Å². The predicted molar refractivity (Wildman–Crippen MR) is 125 cm³/mol. The summed E-state index contributed by atoms with van der Waals surface area (Å²) in [6, 6.07) is 20.6. The highest BCUT2D eigenvalue weighted by atomic mass is 32.1. The molecule has 0 radical (unpaired) electrons. The van der Waals surface area contributed by atoms with Gasteiger partial charge >= 0.3 is 0 Å². The molecule has 2 aromatic carbocycles. The fourth-order valence-electron chi connectivity index (χ4n) is 2.93. The van der Waals surface area contributed by atoms with Crippen molar-refractivity contribution in [3.05, 3.63) is 93.8 Å². The normalized spacial score (nSPS) is 11.1. The van der Waals surface area contributed by atoms with Crippen LogP contribution in [0.4, 0.5) is 0 Å². The molecule has 160 valence electrons. The molecule has 0 saturated carbocycles. The zero-order valence-corrected chi connectivity index (χ0v) is 18.3. The number of rotatable bonds is 10. The van der Waals surface area contributed by atoms with Crippen LogP contribution in [0.5, 0.6) is 5.75 Å². The monoisotopic (exact) mass is 434 g/mol. The molecule has 0 atom stereocenters. The van der Waals surface area contributed by atoms with Crippen molar-refractivity contribution in [3.8, 4) is 5.75 Å². The van der Waals surface area contributed by atoms with Crippen LogP contribution in [0.1, 0.15) is 34.1 Å². The van der Waals surface area contributed by atoms with Crippen LogP contribution in [0.3, 0.4) is 0 Å². The van der Waals surface area contributed by atoms with Crippen molar-refractivity contribution in [1.82, 2.24) is 10.6 Å². The fourth-order valence-corrected chi connectivity index (χ4v) is 3.59. The Morgan fingerprint density at radius 1 is 1.00 bits per heavy atom. The Kier molecular flexibility index (Phi) is 8.43. The molecule has 0 fully saturated rings. The number of hydrogen-bond acceptors (Lipinski definition) is 4. The highest BCUT2D eigenvalue weighted by Gasteiger charge is 2.14. The third-order valence-corrected chi connectivity index (χ3v) is 5.30. The summed E-state index contributed by atoms with van der Waals surface area (Å²) < 4.78 is 5.71. The highest BCUT2D eigenvalue weighted by Crippen LogP contribution is 2.14. The number of benzene rings is 2. The number of amides is 2. The van der Waals surface area contributed by atoms with Gasteiger partial charge in [0.25, 0.3) is 11.8 Å². The van der Waals surface area contributed by atoms with Gasteiger partial charge < -0.3 is 15.4 Å². The number of ether oxygens (including phenoxy) is 1. The van der Waals surface area contributed by atoms with E-state index in [-0.39, 0.29) is 17.5 Å². The van der Waals surface area contributed by atoms with Gasteiger partial charge in [-0.1, -0.05) is 49.7 Å². The van der Waals surface area contributed by atoms with Gasteiger partial charge in [-0.2, -0.15) is 0 Å². The van der Waals surface area contributed by atoms with E-state index < -0.39 is 0 Å². The summed E-state index contributed by atoms with van der Waals surface area (Å²) >= 11 is 1.49. The van der Waals surface area contributed by atoms with Crippen LogP contribution in [0.25, 0.3) is 6.08 Å². The Labute approximate surface area is 186 Å². The molecule has 2 N–H and O–H groups in total. The molecule has 0 bridgehead atoms. The third-order valence-electron chi connectivity index (χ3n) is 4.48. The highest BCUT2D eigenvalue weighted by molar-refractivity contribution is 7.10. The summed E-state index contributed by atoms with van der Waals surface area (Å²) in [6.07, 6.45) is 3.83. The molecule has 6 heteroatoms. The second-order valence-electron chi connectivity index (χ2n) is 6.89. The Morgan fingerprint density at radius 2 is 1.77 bits per heavy atom. The predicted octanol–water partition coefficient (Wildman–Crippen LogP) is 4.67. The molecule has 0 unspecified atom stereocenters. The fraction of sp³-hybridized carbons (Fsp3) is 0.200. The van der Waals surface area contributed by atoms with E-state index in [9.17, 15) is 9.59 Å². The molecule has 1 heterocycles. The van der Waals surface area contributed by atoms with Crippen molar-refractivity contribution in [2.75, 3.05) is 13.2 Å². The van der Waals surface area contributed by atoms with Gasteiger partial charge in [0.2, 0.25) is 0 Å². The van der Waals surface area contributed by atoms with Gasteiger partial charge in [0.1, 0.15) is 18.1 Å². The number of nitrogens with one attached hydrogen (secondary N) is 2. The van der Waals surface area contributed by atoms with Crippen molar-refractivity contribution in [2.24, 2.45) is 0 Å². The van der Waals surface area contributed by atoms with Crippen LogP contribution in [-0.4, -0.2) is 25.0 Å². The minimum atomic E-state index is -0.362. The zero-order chi connectivity index (χ0) is 21.9. The van der Waals surface area contributed by atoms with Crippen LogP contribution in [0.2, 0.25) is 0 Å². The van der Waals surface area contributed by atoms with Gasteiger partial charge in [-0.15, -0.1) is 11.3 Å². The molecule has 31 heavy (non-hydrogen) atoms. The molecule has 3 aromatic rings. The van der Waals surface area contributed by atoms with E-state index in [2.05, 4.69) is 29.7 Å². The molecule has 2 amide bonds. The molecule has 0 aliphatic rings. The van der Waals surface area contributed by atoms with Crippen LogP contribution < -0.4 is 15.4 Å². The van der Waals surface area contributed by atoms with Crippen molar-refractivity contribution in [2.45, 2.75) is 19.8 Å². The van der Waals surface area contributed by atoms with Gasteiger partial charge in [-0.05, 0) is 53.8 Å². The van der Waals surface area contributed by atoms with Crippen LogP contribution >= 0.6 is 11.3 Å². The first-order valence-corrected chi connectivity index (χ1v) is 11.1. The van der Waals surface area contributed by atoms with Gasteiger partial charge in [0.15, 0.2) is 0 Å². The van der Waals surface area contributed by atoms with E-state index in [4.69, 9.17) is 4.74 Å². The third kappa shape index (κ3) is 7.12. The van der Waals surface area contributed by atoms with E-state index >= 15 is 0 Å². The van der Waals surface area contributed by atoms with Gasteiger partial charge in [-0.3, -0.25) is 9.59 Å². The Hall–Kier alpha value is -3.38. The second-order valence-corrected chi connectivity index (χ2v) is 7.87. The number of carbonyl (C=O) groups is 2. The summed E-state index contributed by atoms with van der Waals surface area (Å²) in [4.78, 5) is 26.1. The van der Waals surface area contributed by atoms with E-state index in [1.54, 1.807) is 30.3 Å². The molecule has 0 saturated heterocycles. The number of hydrogen-bond donors (Lipinski definition) is 2. The molecule has 0 spiro atoms. The van der Waals surface area contributed by atoms with Crippen LogP contribution in [-0.2, 0) is 11.2 Å². The summed E-state index contributed by atoms with van der Waals surface area (Å²) in [5.74, 6) is 0.0717. The SMILES string of the molecule is CCCc1ccc(OCCNC(=O)/C(=C/c2cccs2)NC(=O)c2ccccc2)cc1. The lowest BCUT2D eigenvalue weighted by Crippen LogP contribution is -2.36. The summed E-state index contributed by atoms with van der Waals surface area (Å²) in [5, 5.41) is 7.45. The Morgan fingerprint density at radius 3 is 2.45 bits per heavy atom. The summed E-state index contributed by atoms with van der Waals surface area (Å²) in [6.45, 7) is 2.80. The minimum absolute atomic E-state index is 0.195. The molecular weight excluding hydrogens is 408 g/mol. The average molecular weight is 435 g/mol. The number of carbonyl (C=O) groups excluding carboxylic acids is 2. The quantitative estimate of drug-likeness (QED) is 0.360. The standard InChI is InChI=1S/C25H26N2O3S/c1-2-7-19-11-13-21(14-12-19)30-16-15-26-25(29)23(18-22-10-6-17-31-22)27-24(28)20-8-4-3-5-9-20/h3-6,8-14,17-18H,2,7,15-16H2,1H3,(H,26,29)(H,27,28)/b23-18-. The van der Waals surface area contributed by atoms with E-state index in [0.29, 0.717) is 18.7 Å². The van der Waals surface area contributed by atoms with Crippen LogP contribution in [0.15, 0.2) is 77.8 Å². The molecular formula is C25H26N2O3S. The van der Waals surface area contributed by atoms with Crippen molar-refractivity contribution >= 4 is 29.2 Å². The van der Waals surface area contributed by atoms with Gasteiger partial charge in [0.05, 0.1) is 6.54 Å². The summed E-state index contributed by atoms with van der Waals surface area (Å²) in [5.41, 5.74) is 1.96. The lowest BCUT2D eigenvalue weighted by molar-refractivity contribution is -0.117. The number of thiophene rings is 1. The van der Waals surface area contributed by atoms with Crippen LogP contribution in [0, 0.1) is 0 Å². The molecule has 0 aliphatic heterocycles. The molecule has 1 aromatic heterocycles. The maximum Gasteiger partial charge on any atom is 0.267 e. The molecule has 0 aliphatic carbocycles. The minimum Gasteiger partial charge on any atom is -0.492 e. The van der Waals surface area contributed by atoms with E-state index in [1.165, 1.54) is 16.9 Å². The largest absolute Gasteiger partial charge is 0.492 e. The first-order chi connectivity index (χ1) is 15.2.